The maximum absolute atomic E-state index is 11.0. The van der Waals surface area contributed by atoms with Crippen LogP contribution >= 0.6 is 0 Å². The molecule has 0 amide bonds. The molecule has 0 aliphatic carbocycles. The normalized spacial score (nSPS) is 11.5. The van der Waals surface area contributed by atoms with Gasteiger partial charge in [0, 0.05) is 11.6 Å². The van der Waals surface area contributed by atoms with Crippen LogP contribution in [0.5, 0.6) is 5.75 Å². The van der Waals surface area contributed by atoms with Crippen LogP contribution in [-0.4, -0.2) is 23.3 Å². The van der Waals surface area contributed by atoms with Gasteiger partial charge in [0.05, 0.1) is 12.7 Å². The third-order valence-corrected chi connectivity index (χ3v) is 3.35. The molecule has 1 aromatic carbocycles. The minimum atomic E-state index is -1.12. The molecule has 1 aromatic heterocycles. The minimum absolute atomic E-state index is 0.108. The second kappa shape index (κ2) is 5.24. The van der Waals surface area contributed by atoms with Crippen molar-refractivity contribution in [2.45, 2.75) is 33.1 Å². The molecule has 0 radical (unpaired) electrons. The molecule has 5 heteroatoms. The highest BCUT2D eigenvalue weighted by Gasteiger charge is 2.25. The van der Waals surface area contributed by atoms with Gasteiger partial charge in [-0.15, -0.1) is 0 Å². The molecule has 2 rings (SSSR count). The molecule has 0 atom stereocenters. The predicted octanol–water partition coefficient (Wildman–Crippen LogP) is 3.65. The Morgan fingerprint density at radius 3 is 2.48 bits per heavy atom. The Labute approximate surface area is 123 Å². The van der Waals surface area contributed by atoms with E-state index in [2.05, 4.69) is 25.9 Å². The molecule has 2 aromatic rings. The monoisotopic (exact) mass is 289 g/mol. The Kier molecular flexibility index (Phi) is 3.77. The van der Waals surface area contributed by atoms with Crippen LogP contribution in [0, 0.1) is 6.92 Å². The smallest absolute Gasteiger partial charge is 0.358 e. The average Bonchev–Trinajstić information content (AvgIpc) is 2.86. The van der Waals surface area contributed by atoms with Gasteiger partial charge in [-0.05, 0) is 17.9 Å². The summed E-state index contributed by atoms with van der Waals surface area (Å²) < 4.78 is 10.8. The lowest BCUT2D eigenvalue weighted by Gasteiger charge is -2.24. The molecule has 0 fully saturated rings. The van der Waals surface area contributed by atoms with Crippen LogP contribution in [0.2, 0.25) is 0 Å². The van der Waals surface area contributed by atoms with Crippen LogP contribution in [-0.2, 0) is 5.41 Å². The SMILES string of the molecule is COc1c(C(C)(C)C)ccc(C)c1-c1cc(C(=O)O)no1. The lowest BCUT2D eigenvalue weighted by molar-refractivity contribution is 0.0686. The molecule has 0 aliphatic heterocycles. The van der Waals surface area contributed by atoms with E-state index in [4.69, 9.17) is 14.4 Å². The van der Waals surface area contributed by atoms with Crippen LogP contribution < -0.4 is 4.74 Å². The van der Waals surface area contributed by atoms with Crippen molar-refractivity contribution in [2.24, 2.45) is 0 Å². The topological polar surface area (TPSA) is 72.6 Å². The minimum Gasteiger partial charge on any atom is -0.496 e. The predicted molar refractivity (Wildman–Crippen MR) is 78.9 cm³/mol. The number of nitrogens with zero attached hydrogens (tertiary/aromatic N) is 1. The third-order valence-electron chi connectivity index (χ3n) is 3.35. The number of benzene rings is 1. The number of aromatic carboxylic acids is 1. The molecule has 21 heavy (non-hydrogen) atoms. The summed E-state index contributed by atoms with van der Waals surface area (Å²) in [6.45, 7) is 8.19. The van der Waals surface area contributed by atoms with Gasteiger partial charge < -0.3 is 14.4 Å². The Hall–Kier alpha value is -2.30. The van der Waals surface area contributed by atoms with Gasteiger partial charge in [0.2, 0.25) is 0 Å². The number of carbonyl (C=O) groups is 1. The summed E-state index contributed by atoms with van der Waals surface area (Å²) in [5, 5.41) is 12.5. The third kappa shape index (κ3) is 2.77. The Morgan fingerprint density at radius 1 is 1.33 bits per heavy atom. The lowest BCUT2D eigenvalue weighted by atomic mass is 9.84. The molecule has 112 valence electrons. The molecule has 0 saturated heterocycles. The number of hydrogen-bond acceptors (Lipinski definition) is 4. The zero-order valence-electron chi connectivity index (χ0n) is 12.9. The highest BCUT2D eigenvalue weighted by Crippen LogP contribution is 2.41. The van der Waals surface area contributed by atoms with Gasteiger partial charge in [-0.25, -0.2) is 4.79 Å². The van der Waals surface area contributed by atoms with Crippen molar-refractivity contribution in [3.8, 4) is 17.1 Å². The van der Waals surface area contributed by atoms with Gasteiger partial charge in [0.15, 0.2) is 11.5 Å². The molecule has 0 bridgehead atoms. The van der Waals surface area contributed by atoms with Crippen LogP contribution in [0.4, 0.5) is 0 Å². The van der Waals surface area contributed by atoms with E-state index < -0.39 is 5.97 Å². The summed E-state index contributed by atoms with van der Waals surface area (Å²) in [6, 6.07) is 5.41. The van der Waals surface area contributed by atoms with Gasteiger partial charge in [0.1, 0.15) is 5.75 Å². The number of hydrogen-bond donors (Lipinski definition) is 1. The van der Waals surface area contributed by atoms with Crippen molar-refractivity contribution in [2.75, 3.05) is 7.11 Å². The second-order valence-electron chi connectivity index (χ2n) is 5.97. The largest absolute Gasteiger partial charge is 0.496 e. The Bertz CT molecular complexity index is 680. The van der Waals surface area contributed by atoms with E-state index in [-0.39, 0.29) is 11.1 Å². The van der Waals surface area contributed by atoms with E-state index >= 15 is 0 Å². The molecule has 1 N–H and O–H groups in total. The van der Waals surface area contributed by atoms with Crippen LogP contribution in [0.1, 0.15) is 42.4 Å². The molecule has 0 spiro atoms. The summed E-state index contributed by atoms with van der Waals surface area (Å²) in [6.07, 6.45) is 0. The van der Waals surface area contributed by atoms with Gasteiger partial charge in [-0.2, -0.15) is 0 Å². The van der Waals surface area contributed by atoms with E-state index in [9.17, 15) is 4.79 Å². The first-order chi connectivity index (χ1) is 9.75. The quantitative estimate of drug-likeness (QED) is 0.933. The van der Waals surface area contributed by atoms with E-state index in [0.717, 1.165) is 16.7 Å². The average molecular weight is 289 g/mol. The molecule has 1 heterocycles. The first-order valence-corrected chi connectivity index (χ1v) is 6.64. The Morgan fingerprint density at radius 2 is 2.00 bits per heavy atom. The van der Waals surface area contributed by atoms with Crippen LogP contribution in [0.25, 0.3) is 11.3 Å². The Balaban J connectivity index is 2.69. The van der Waals surface area contributed by atoms with Crippen LogP contribution in [0.15, 0.2) is 22.7 Å². The fourth-order valence-corrected chi connectivity index (χ4v) is 2.28. The fourth-order valence-electron chi connectivity index (χ4n) is 2.28. The van der Waals surface area contributed by atoms with E-state index in [1.165, 1.54) is 6.07 Å². The van der Waals surface area contributed by atoms with Gasteiger partial charge in [0.25, 0.3) is 0 Å². The maximum atomic E-state index is 11.0. The molecule has 0 aliphatic rings. The van der Waals surface area contributed by atoms with Crippen molar-refractivity contribution in [3.63, 3.8) is 0 Å². The standard InChI is InChI=1S/C16H19NO4/c1-9-6-7-10(16(2,3)4)14(20-5)13(9)12-8-11(15(18)19)17-21-12/h6-8H,1-5H3,(H,18,19). The van der Waals surface area contributed by atoms with Crippen LogP contribution in [0.3, 0.4) is 0 Å². The summed E-state index contributed by atoms with van der Waals surface area (Å²) in [5.41, 5.74) is 2.48. The van der Waals surface area contributed by atoms with Crippen molar-refractivity contribution in [1.82, 2.24) is 5.16 Å². The first-order valence-electron chi connectivity index (χ1n) is 6.64. The molecular formula is C16H19NO4. The second-order valence-corrected chi connectivity index (χ2v) is 5.97. The molecular weight excluding hydrogens is 270 g/mol. The van der Waals surface area contributed by atoms with Crippen molar-refractivity contribution in [3.05, 3.63) is 35.0 Å². The summed E-state index contributed by atoms with van der Waals surface area (Å²) in [5.74, 6) is -0.0305. The number of carboxylic acids is 1. The van der Waals surface area contributed by atoms with E-state index in [0.29, 0.717) is 11.5 Å². The number of rotatable bonds is 3. The van der Waals surface area contributed by atoms with Gasteiger partial charge >= 0.3 is 5.97 Å². The summed E-state index contributed by atoms with van der Waals surface area (Å²) in [7, 11) is 1.60. The number of carboxylic acid groups (broad SMARTS) is 1. The highest BCUT2D eigenvalue weighted by atomic mass is 16.5. The van der Waals surface area contributed by atoms with E-state index in [1.54, 1.807) is 7.11 Å². The number of methoxy groups -OCH3 is 1. The summed E-state index contributed by atoms with van der Waals surface area (Å²) in [4.78, 5) is 11.0. The van der Waals surface area contributed by atoms with Gasteiger partial charge in [-0.3, -0.25) is 0 Å². The van der Waals surface area contributed by atoms with Gasteiger partial charge in [-0.1, -0.05) is 38.1 Å². The highest BCUT2D eigenvalue weighted by molar-refractivity contribution is 5.87. The number of ether oxygens (including phenoxy) is 1. The van der Waals surface area contributed by atoms with Crippen molar-refractivity contribution >= 4 is 5.97 Å². The molecule has 5 nitrogen and oxygen atoms in total. The maximum Gasteiger partial charge on any atom is 0.358 e. The molecule has 0 saturated carbocycles. The van der Waals surface area contributed by atoms with E-state index in [1.807, 2.05) is 19.1 Å². The fraction of sp³-hybridized carbons (Fsp3) is 0.375. The summed E-state index contributed by atoms with van der Waals surface area (Å²) >= 11 is 0. The lowest BCUT2D eigenvalue weighted by Crippen LogP contribution is -2.13. The zero-order chi connectivity index (χ0) is 15.8. The number of aryl methyl sites for hydroxylation is 1. The zero-order valence-corrected chi connectivity index (χ0v) is 12.9. The number of aromatic nitrogens is 1. The van der Waals surface area contributed by atoms with Crippen molar-refractivity contribution in [1.29, 1.82) is 0 Å². The first kappa shape index (κ1) is 15.1. The molecule has 0 unspecified atom stereocenters. The van der Waals surface area contributed by atoms with Crippen molar-refractivity contribution < 1.29 is 19.2 Å².